The van der Waals surface area contributed by atoms with E-state index in [-0.39, 0.29) is 5.91 Å². The zero-order valence-corrected chi connectivity index (χ0v) is 13.6. The number of hydrogen-bond acceptors (Lipinski definition) is 3. The summed E-state index contributed by atoms with van der Waals surface area (Å²) in [4.78, 5) is 14.4. The molecule has 1 aromatic rings. The molecule has 2 unspecified atom stereocenters. The van der Waals surface area contributed by atoms with Crippen molar-refractivity contribution in [1.82, 2.24) is 4.90 Å². The van der Waals surface area contributed by atoms with E-state index in [0.717, 1.165) is 19.4 Å². The molecule has 1 aliphatic heterocycles. The van der Waals surface area contributed by atoms with Crippen LogP contribution < -0.4 is 11.1 Å². The Morgan fingerprint density at radius 3 is 2.90 bits per heavy atom. The van der Waals surface area contributed by atoms with Gasteiger partial charge in [0.1, 0.15) is 0 Å². The number of amides is 1. The van der Waals surface area contributed by atoms with E-state index < -0.39 is 0 Å². The fraction of sp³-hybridized carbons (Fsp3) is 0.533. The third-order valence-electron chi connectivity index (χ3n) is 3.99. The van der Waals surface area contributed by atoms with E-state index in [1.807, 2.05) is 0 Å². The van der Waals surface area contributed by atoms with E-state index in [1.54, 1.807) is 18.2 Å². The Kier molecular flexibility index (Phi) is 5.88. The molecule has 1 fully saturated rings. The molecule has 2 rings (SSSR count). The number of nitrogens with zero attached hydrogens (tertiary/aromatic N) is 1. The van der Waals surface area contributed by atoms with Crippen LogP contribution in [0.2, 0.25) is 10.0 Å². The van der Waals surface area contributed by atoms with Crippen molar-refractivity contribution >= 4 is 34.8 Å². The third kappa shape index (κ3) is 4.58. The first-order chi connectivity index (χ1) is 9.99. The highest BCUT2D eigenvalue weighted by Crippen LogP contribution is 2.26. The van der Waals surface area contributed by atoms with E-state index in [2.05, 4.69) is 17.1 Å². The number of anilines is 1. The summed E-state index contributed by atoms with van der Waals surface area (Å²) < 4.78 is 0. The number of carbonyl (C=O) groups excluding carboxylic acids is 1. The molecule has 2 atom stereocenters. The van der Waals surface area contributed by atoms with Gasteiger partial charge in [-0.15, -0.1) is 0 Å². The van der Waals surface area contributed by atoms with E-state index in [1.165, 1.54) is 0 Å². The summed E-state index contributed by atoms with van der Waals surface area (Å²) in [6.07, 6.45) is 2.21. The minimum absolute atomic E-state index is 0.0799. The Hall–Kier alpha value is -0.810. The maximum atomic E-state index is 12.2. The fourth-order valence-corrected chi connectivity index (χ4v) is 2.98. The molecule has 6 heteroatoms. The van der Waals surface area contributed by atoms with Gasteiger partial charge in [0, 0.05) is 17.6 Å². The first-order valence-corrected chi connectivity index (χ1v) is 7.94. The average molecular weight is 330 g/mol. The van der Waals surface area contributed by atoms with Crippen LogP contribution in [-0.2, 0) is 4.79 Å². The molecule has 21 heavy (non-hydrogen) atoms. The lowest BCUT2D eigenvalue weighted by molar-refractivity contribution is -0.118. The topological polar surface area (TPSA) is 58.4 Å². The molecular weight excluding hydrogens is 309 g/mol. The zero-order chi connectivity index (χ0) is 15.4. The number of benzene rings is 1. The van der Waals surface area contributed by atoms with Crippen LogP contribution in [0.5, 0.6) is 0 Å². The summed E-state index contributed by atoms with van der Waals surface area (Å²) in [5.41, 5.74) is 6.29. The number of rotatable bonds is 4. The Morgan fingerprint density at radius 2 is 2.19 bits per heavy atom. The van der Waals surface area contributed by atoms with E-state index in [9.17, 15) is 4.79 Å². The number of hydrogen-bond donors (Lipinski definition) is 2. The molecule has 0 aromatic heterocycles. The molecule has 1 aromatic carbocycles. The van der Waals surface area contributed by atoms with Gasteiger partial charge >= 0.3 is 0 Å². The monoisotopic (exact) mass is 329 g/mol. The quantitative estimate of drug-likeness (QED) is 0.892. The highest BCUT2D eigenvalue weighted by atomic mass is 35.5. The van der Waals surface area contributed by atoms with Gasteiger partial charge in [-0.2, -0.15) is 0 Å². The van der Waals surface area contributed by atoms with Crippen molar-refractivity contribution in [3.8, 4) is 0 Å². The fourth-order valence-electron chi connectivity index (χ4n) is 2.64. The van der Waals surface area contributed by atoms with Crippen molar-refractivity contribution < 1.29 is 4.79 Å². The molecule has 116 valence electrons. The molecule has 0 aliphatic carbocycles. The van der Waals surface area contributed by atoms with E-state index in [0.29, 0.717) is 40.8 Å². The summed E-state index contributed by atoms with van der Waals surface area (Å²) in [6, 6.07) is 5.42. The minimum atomic E-state index is -0.0799. The van der Waals surface area contributed by atoms with Crippen LogP contribution in [0.3, 0.4) is 0 Å². The lowest BCUT2D eigenvalue weighted by Crippen LogP contribution is -2.47. The third-order valence-corrected chi connectivity index (χ3v) is 4.56. The van der Waals surface area contributed by atoms with Crippen molar-refractivity contribution in [2.24, 2.45) is 11.7 Å². The molecule has 3 N–H and O–H groups in total. The predicted molar refractivity (Wildman–Crippen MR) is 87.9 cm³/mol. The van der Waals surface area contributed by atoms with Gasteiger partial charge in [0.15, 0.2) is 0 Å². The lowest BCUT2D eigenvalue weighted by atomic mass is 9.93. The van der Waals surface area contributed by atoms with Gasteiger partial charge in [0.05, 0.1) is 17.3 Å². The van der Waals surface area contributed by atoms with Gasteiger partial charge in [0.25, 0.3) is 0 Å². The van der Waals surface area contributed by atoms with Gasteiger partial charge in [-0.3, -0.25) is 9.69 Å². The summed E-state index contributed by atoms with van der Waals surface area (Å²) in [5, 5.41) is 3.85. The maximum Gasteiger partial charge on any atom is 0.238 e. The van der Waals surface area contributed by atoms with Crippen LogP contribution in [0, 0.1) is 5.92 Å². The minimum Gasteiger partial charge on any atom is -0.330 e. The van der Waals surface area contributed by atoms with Crippen LogP contribution in [-0.4, -0.2) is 36.5 Å². The first-order valence-electron chi connectivity index (χ1n) is 7.18. The largest absolute Gasteiger partial charge is 0.330 e. The van der Waals surface area contributed by atoms with Crippen LogP contribution in [0.25, 0.3) is 0 Å². The Bertz CT molecular complexity index is 510. The summed E-state index contributed by atoms with van der Waals surface area (Å²) in [5.74, 6) is 0.396. The second kappa shape index (κ2) is 7.45. The Labute approximate surface area is 135 Å². The lowest BCUT2D eigenvalue weighted by Gasteiger charge is -2.37. The molecule has 0 radical (unpaired) electrons. The van der Waals surface area contributed by atoms with Crippen molar-refractivity contribution in [2.45, 2.75) is 25.8 Å². The normalized spacial score (nSPS) is 23.0. The van der Waals surface area contributed by atoms with Crippen molar-refractivity contribution in [2.75, 3.05) is 25.0 Å². The highest BCUT2D eigenvalue weighted by Gasteiger charge is 2.26. The van der Waals surface area contributed by atoms with E-state index in [4.69, 9.17) is 28.9 Å². The number of nitrogens with two attached hydrogens (primary N) is 1. The second-order valence-corrected chi connectivity index (χ2v) is 6.47. The predicted octanol–water partition coefficient (Wildman–Crippen LogP) is 2.99. The summed E-state index contributed by atoms with van der Waals surface area (Å²) in [6.45, 7) is 4.03. The van der Waals surface area contributed by atoms with Crippen molar-refractivity contribution in [3.63, 3.8) is 0 Å². The maximum absolute atomic E-state index is 12.2. The molecule has 1 heterocycles. The van der Waals surface area contributed by atoms with Gasteiger partial charge < -0.3 is 11.1 Å². The highest BCUT2D eigenvalue weighted by molar-refractivity contribution is 6.35. The smallest absolute Gasteiger partial charge is 0.238 e. The SMILES string of the molecule is CC1CCC(CN)CN1CC(=O)Nc1cc(Cl)ccc1Cl. The summed E-state index contributed by atoms with van der Waals surface area (Å²) >= 11 is 12.0. The van der Waals surface area contributed by atoms with Gasteiger partial charge in [-0.05, 0) is 50.4 Å². The van der Waals surface area contributed by atoms with Gasteiger partial charge in [-0.25, -0.2) is 0 Å². The molecular formula is C15H21Cl2N3O. The first kappa shape index (κ1) is 16.6. The second-order valence-electron chi connectivity index (χ2n) is 5.63. The molecule has 1 aliphatic rings. The molecule has 1 saturated heterocycles. The molecule has 0 spiro atoms. The molecule has 0 bridgehead atoms. The van der Waals surface area contributed by atoms with Crippen molar-refractivity contribution in [1.29, 1.82) is 0 Å². The van der Waals surface area contributed by atoms with Gasteiger partial charge in [0.2, 0.25) is 5.91 Å². The Morgan fingerprint density at radius 1 is 1.43 bits per heavy atom. The van der Waals surface area contributed by atoms with E-state index >= 15 is 0 Å². The number of likely N-dealkylation sites (tertiary alicyclic amines) is 1. The number of piperidine rings is 1. The standard InChI is InChI=1S/C15H21Cl2N3O/c1-10-2-3-11(7-18)8-20(10)9-15(21)19-14-6-12(16)4-5-13(14)17/h4-6,10-11H,2-3,7-9,18H2,1H3,(H,19,21). The molecule has 4 nitrogen and oxygen atoms in total. The van der Waals surface area contributed by atoms with Crippen LogP contribution in [0.1, 0.15) is 19.8 Å². The van der Waals surface area contributed by atoms with Crippen LogP contribution in [0.4, 0.5) is 5.69 Å². The number of nitrogens with one attached hydrogen (secondary N) is 1. The Balaban J connectivity index is 1.96. The molecule has 0 saturated carbocycles. The average Bonchev–Trinajstić information content (AvgIpc) is 2.45. The van der Waals surface area contributed by atoms with Crippen LogP contribution >= 0.6 is 23.2 Å². The van der Waals surface area contributed by atoms with Gasteiger partial charge in [-0.1, -0.05) is 23.2 Å². The number of carbonyl (C=O) groups is 1. The molecule has 1 amide bonds. The van der Waals surface area contributed by atoms with Crippen molar-refractivity contribution in [3.05, 3.63) is 28.2 Å². The summed E-state index contributed by atoms with van der Waals surface area (Å²) in [7, 11) is 0. The van der Waals surface area contributed by atoms with Crippen LogP contribution in [0.15, 0.2) is 18.2 Å². The number of halogens is 2. The zero-order valence-electron chi connectivity index (χ0n) is 12.1.